The number of allylic oxidation sites excluding steroid dienone is 1. The van der Waals surface area contributed by atoms with E-state index in [9.17, 15) is 0 Å². The highest BCUT2D eigenvalue weighted by Crippen LogP contribution is 2.04. The molecule has 0 saturated carbocycles. The minimum absolute atomic E-state index is 1.10. The van der Waals surface area contributed by atoms with Crippen LogP contribution in [0.25, 0.3) is 24.3 Å². The Kier molecular flexibility index (Phi) is 21.0. The van der Waals surface area contributed by atoms with Crippen molar-refractivity contribution in [1.82, 2.24) is 0 Å². The molecule has 0 spiro atoms. The number of hydrogen-bond acceptors (Lipinski definition) is 0. The largest absolute Gasteiger partial charge is 0.0990 e. The van der Waals surface area contributed by atoms with E-state index in [4.69, 9.17) is 0 Å². The Hall–Kier alpha value is -1.82. The zero-order valence-electron chi connectivity index (χ0n) is 15.2. The third-order valence-corrected chi connectivity index (χ3v) is 2.37. The number of rotatable bonds is 3. The molecule has 0 saturated heterocycles. The van der Waals surface area contributed by atoms with Crippen LogP contribution in [0.15, 0.2) is 37.9 Å². The average Bonchev–Trinajstić information content (AvgIpc) is 2.60. The molecule has 0 aromatic heterocycles. The molecule has 0 aliphatic rings. The molecule has 0 atom stereocenters. The summed E-state index contributed by atoms with van der Waals surface area (Å²) in [6.07, 6.45) is 9.58. The van der Waals surface area contributed by atoms with Crippen LogP contribution in [0.4, 0.5) is 0 Å². The lowest BCUT2D eigenvalue weighted by atomic mass is 10.0. The molecular weight excluding hydrogens is 252 g/mol. The van der Waals surface area contributed by atoms with Gasteiger partial charge >= 0.3 is 0 Å². The van der Waals surface area contributed by atoms with Crippen molar-refractivity contribution in [1.29, 1.82) is 0 Å². The normalized spacial score (nSPS) is 9.86. The third kappa shape index (κ3) is 8.14. The summed E-state index contributed by atoms with van der Waals surface area (Å²) in [4.78, 5) is 0. The molecule has 0 radical (unpaired) electrons. The predicted molar refractivity (Wildman–Crippen MR) is 105 cm³/mol. The van der Waals surface area contributed by atoms with Gasteiger partial charge in [0.05, 0.1) is 0 Å². The first-order valence-electron chi connectivity index (χ1n) is 7.95. The summed E-state index contributed by atoms with van der Waals surface area (Å²) in [5, 5.41) is 2.34. The van der Waals surface area contributed by atoms with E-state index in [0.29, 0.717) is 0 Å². The first-order chi connectivity index (χ1) is 10.3. The van der Waals surface area contributed by atoms with Crippen molar-refractivity contribution in [3.8, 4) is 0 Å². The maximum atomic E-state index is 3.84. The van der Waals surface area contributed by atoms with Gasteiger partial charge in [-0.25, -0.2) is 0 Å². The van der Waals surface area contributed by atoms with Crippen LogP contribution in [0.2, 0.25) is 0 Å². The second-order valence-corrected chi connectivity index (χ2v) is 3.17. The second kappa shape index (κ2) is 18.2. The summed E-state index contributed by atoms with van der Waals surface area (Å²) < 4.78 is 0. The van der Waals surface area contributed by atoms with E-state index in [1.54, 1.807) is 6.08 Å². The van der Waals surface area contributed by atoms with Gasteiger partial charge in [-0.1, -0.05) is 104 Å². The monoisotopic (exact) mass is 286 g/mol. The van der Waals surface area contributed by atoms with Crippen LogP contribution in [0.3, 0.4) is 0 Å². The van der Waals surface area contributed by atoms with Crippen molar-refractivity contribution < 1.29 is 0 Å². The van der Waals surface area contributed by atoms with Crippen LogP contribution < -0.4 is 10.4 Å². The van der Waals surface area contributed by atoms with Crippen molar-refractivity contribution in [2.24, 2.45) is 0 Å². The first-order valence-corrected chi connectivity index (χ1v) is 7.95. The molecule has 1 aromatic carbocycles. The third-order valence-electron chi connectivity index (χ3n) is 2.37. The molecule has 0 N–H and O–H groups in total. The fraction of sp³-hybridized carbons (Fsp3) is 0.333. The Labute approximate surface area is 132 Å². The van der Waals surface area contributed by atoms with Crippen LogP contribution in [-0.2, 0) is 0 Å². The van der Waals surface area contributed by atoms with Crippen molar-refractivity contribution in [3.63, 3.8) is 0 Å². The van der Waals surface area contributed by atoms with Gasteiger partial charge in [0.1, 0.15) is 0 Å². The Balaban J connectivity index is -0.000000478. The topological polar surface area (TPSA) is 0 Å². The standard InChI is InChI=1S/C15H16.3C2H6/c1-5-9-15-13(7-3)11-10-12(6-2)14(15)8-4;3*1-2/h5-11H,1-2,4H2,3H3;3*1-2H3/b13-7-,15-9+;;;. The van der Waals surface area contributed by atoms with Gasteiger partial charge in [0.15, 0.2) is 0 Å². The Morgan fingerprint density at radius 1 is 0.810 bits per heavy atom. The van der Waals surface area contributed by atoms with Gasteiger partial charge in [-0.2, -0.15) is 0 Å². The predicted octanol–water partition coefficient (Wildman–Crippen LogP) is 5.82. The Morgan fingerprint density at radius 3 is 1.67 bits per heavy atom. The van der Waals surface area contributed by atoms with Gasteiger partial charge in [-0.3, -0.25) is 0 Å². The second-order valence-electron chi connectivity index (χ2n) is 3.17. The van der Waals surface area contributed by atoms with Gasteiger partial charge in [-0.15, -0.1) is 0 Å². The van der Waals surface area contributed by atoms with Crippen molar-refractivity contribution in [2.75, 3.05) is 0 Å². The van der Waals surface area contributed by atoms with Gasteiger partial charge in [-0.05, 0) is 28.5 Å². The van der Waals surface area contributed by atoms with Crippen LogP contribution in [0.1, 0.15) is 59.6 Å². The SMILES string of the molecule is C=C/C=c1/c(C=C)c(C=C)cc/c1=C/C.CC.CC.CC. The molecule has 0 nitrogen and oxygen atoms in total. The summed E-state index contributed by atoms with van der Waals surface area (Å²) in [6, 6.07) is 4.14. The molecule has 0 amide bonds. The van der Waals surface area contributed by atoms with E-state index in [1.807, 2.05) is 66.7 Å². The van der Waals surface area contributed by atoms with E-state index < -0.39 is 0 Å². The lowest BCUT2D eigenvalue weighted by Gasteiger charge is -2.02. The molecule has 0 bridgehead atoms. The highest BCUT2D eigenvalue weighted by Gasteiger charge is 1.97. The average molecular weight is 287 g/mol. The minimum Gasteiger partial charge on any atom is -0.0990 e. The van der Waals surface area contributed by atoms with Crippen LogP contribution in [0.5, 0.6) is 0 Å². The molecular formula is C21H34. The molecule has 0 unspecified atom stereocenters. The van der Waals surface area contributed by atoms with Gasteiger partial charge in [0.2, 0.25) is 0 Å². The van der Waals surface area contributed by atoms with E-state index in [1.165, 1.54) is 5.22 Å². The highest BCUT2D eigenvalue weighted by atomic mass is 14.0. The summed E-state index contributed by atoms with van der Waals surface area (Å²) in [5.41, 5.74) is 2.21. The quantitative estimate of drug-likeness (QED) is 0.657. The maximum absolute atomic E-state index is 3.84. The molecule has 0 aliphatic carbocycles. The number of hydrogen-bond donors (Lipinski definition) is 0. The summed E-state index contributed by atoms with van der Waals surface area (Å²) in [6.45, 7) is 25.4. The fourth-order valence-electron chi connectivity index (χ4n) is 1.63. The van der Waals surface area contributed by atoms with Crippen molar-refractivity contribution >= 4 is 24.3 Å². The molecule has 0 aliphatic heterocycles. The zero-order valence-corrected chi connectivity index (χ0v) is 15.2. The van der Waals surface area contributed by atoms with E-state index in [2.05, 4.69) is 37.9 Å². The molecule has 1 aromatic rings. The molecule has 0 fully saturated rings. The van der Waals surface area contributed by atoms with Gasteiger partial charge in [0, 0.05) is 0 Å². The molecule has 0 heteroatoms. The van der Waals surface area contributed by atoms with E-state index >= 15 is 0 Å². The van der Waals surface area contributed by atoms with Crippen LogP contribution in [-0.4, -0.2) is 0 Å². The van der Waals surface area contributed by atoms with Crippen molar-refractivity contribution in [3.05, 3.63) is 59.5 Å². The minimum atomic E-state index is 1.10. The van der Waals surface area contributed by atoms with E-state index in [0.717, 1.165) is 16.3 Å². The van der Waals surface area contributed by atoms with Crippen LogP contribution >= 0.6 is 0 Å². The van der Waals surface area contributed by atoms with Crippen molar-refractivity contribution in [2.45, 2.75) is 48.5 Å². The van der Waals surface area contributed by atoms with E-state index in [-0.39, 0.29) is 0 Å². The van der Waals surface area contributed by atoms with Crippen LogP contribution in [0, 0.1) is 0 Å². The van der Waals surface area contributed by atoms with Gasteiger partial charge < -0.3 is 0 Å². The zero-order chi connectivity index (χ0) is 17.3. The first kappa shape index (κ1) is 24.2. The maximum Gasteiger partial charge on any atom is -0.0109 e. The summed E-state index contributed by atoms with van der Waals surface area (Å²) in [7, 11) is 0. The molecule has 1 rings (SSSR count). The molecule has 0 heterocycles. The number of benzene rings is 1. The summed E-state index contributed by atoms with van der Waals surface area (Å²) >= 11 is 0. The molecule has 118 valence electrons. The van der Waals surface area contributed by atoms with Gasteiger partial charge in [0.25, 0.3) is 0 Å². The molecule has 21 heavy (non-hydrogen) atoms. The lowest BCUT2D eigenvalue weighted by Crippen LogP contribution is -2.27. The Bertz CT molecular complexity index is 502. The Morgan fingerprint density at radius 2 is 1.33 bits per heavy atom. The fourth-order valence-corrected chi connectivity index (χ4v) is 1.63. The lowest BCUT2D eigenvalue weighted by molar-refractivity contribution is 1.46. The highest BCUT2D eigenvalue weighted by molar-refractivity contribution is 5.66. The smallest absolute Gasteiger partial charge is 0.0109 e. The summed E-state index contributed by atoms with van der Waals surface area (Å²) in [5.74, 6) is 0.